The van der Waals surface area contributed by atoms with Gasteiger partial charge in [0.05, 0.1) is 9.82 Å². The maximum absolute atomic E-state index is 12.7. The van der Waals surface area contributed by atoms with Gasteiger partial charge < -0.3 is 10.1 Å². The lowest BCUT2D eigenvalue weighted by atomic mass is 10.3. The molecule has 0 atom stereocenters. The van der Waals surface area contributed by atoms with Gasteiger partial charge in [-0.05, 0) is 30.3 Å². The first kappa shape index (κ1) is 22.8. The highest BCUT2D eigenvalue weighted by molar-refractivity contribution is 7.89. The molecule has 0 fully saturated rings. The SMILES string of the molecule is C=CCN(CC=C)S(=O)(=O)c1ccc(NC(=O)COc2ccccc2[N+](=O)[O-])cc1. The van der Waals surface area contributed by atoms with Gasteiger partial charge in [0, 0.05) is 24.8 Å². The molecule has 0 spiro atoms. The number of benzene rings is 2. The molecular weight excluding hydrogens is 410 g/mol. The van der Waals surface area contributed by atoms with E-state index in [2.05, 4.69) is 18.5 Å². The van der Waals surface area contributed by atoms with Crippen LogP contribution < -0.4 is 10.1 Å². The molecule has 0 bridgehead atoms. The summed E-state index contributed by atoms with van der Waals surface area (Å²) < 4.78 is 31.8. The molecule has 158 valence electrons. The molecule has 0 aliphatic rings. The van der Waals surface area contributed by atoms with Crippen LogP contribution in [0, 0.1) is 10.1 Å². The molecule has 1 N–H and O–H groups in total. The molecule has 2 rings (SSSR count). The standard InChI is InChI=1S/C20H21N3O6S/c1-3-13-22(14-4-2)30(27,28)17-11-9-16(10-12-17)21-20(24)15-29-19-8-6-5-7-18(19)23(25)26/h3-12H,1-2,13-15H2,(H,21,24). The largest absolute Gasteiger partial charge is 0.477 e. The van der Waals surface area contributed by atoms with Gasteiger partial charge in [-0.1, -0.05) is 24.3 Å². The van der Waals surface area contributed by atoms with Gasteiger partial charge in [0.1, 0.15) is 0 Å². The topological polar surface area (TPSA) is 119 Å². The van der Waals surface area contributed by atoms with Gasteiger partial charge in [-0.3, -0.25) is 14.9 Å². The Labute approximate surface area is 174 Å². The minimum Gasteiger partial charge on any atom is -0.477 e. The van der Waals surface area contributed by atoms with Gasteiger partial charge in [-0.15, -0.1) is 13.2 Å². The van der Waals surface area contributed by atoms with Crippen molar-refractivity contribution in [2.45, 2.75) is 4.90 Å². The highest BCUT2D eigenvalue weighted by Crippen LogP contribution is 2.25. The number of ether oxygens (including phenoxy) is 1. The van der Waals surface area contributed by atoms with Crippen molar-refractivity contribution >= 4 is 27.3 Å². The van der Waals surface area contributed by atoms with E-state index in [9.17, 15) is 23.3 Å². The third-order valence-corrected chi connectivity index (χ3v) is 5.71. The Morgan fingerprint density at radius 1 is 1.10 bits per heavy atom. The summed E-state index contributed by atoms with van der Waals surface area (Å²) in [6.45, 7) is 6.93. The van der Waals surface area contributed by atoms with Crippen molar-refractivity contribution in [1.29, 1.82) is 0 Å². The summed E-state index contributed by atoms with van der Waals surface area (Å²) in [6.07, 6.45) is 2.96. The average molecular weight is 431 g/mol. The second-order valence-electron chi connectivity index (χ2n) is 5.99. The Balaban J connectivity index is 2.03. The Morgan fingerprint density at radius 2 is 1.70 bits per heavy atom. The van der Waals surface area contributed by atoms with Crippen molar-refractivity contribution in [3.63, 3.8) is 0 Å². The molecular formula is C20H21N3O6S. The molecule has 0 aliphatic carbocycles. The van der Waals surface area contributed by atoms with Gasteiger partial charge in [0.2, 0.25) is 10.0 Å². The zero-order chi connectivity index (χ0) is 22.1. The number of carbonyl (C=O) groups is 1. The second kappa shape index (κ2) is 10.3. The van der Waals surface area contributed by atoms with Crippen LogP contribution >= 0.6 is 0 Å². The average Bonchev–Trinajstić information content (AvgIpc) is 2.72. The predicted molar refractivity (Wildman–Crippen MR) is 113 cm³/mol. The number of sulfonamides is 1. The lowest BCUT2D eigenvalue weighted by molar-refractivity contribution is -0.385. The maximum atomic E-state index is 12.7. The molecule has 0 aromatic heterocycles. The summed E-state index contributed by atoms with van der Waals surface area (Å²) in [6, 6.07) is 11.3. The molecule has 0 heterocycles. The summed E-state index contributed by atoms with van der Waals surface area (Å²) >= 11 is 0. The molecule has 0 radical (unpaired) electrons. The normalized spacial score (nSPS) is 11.0. The number of nitro groups is 1. The number of hydrogen-bond donors (Lipinski definition) is 1. The van der Waals surface area contributed by atoms with Crippen molar-refractivity contribution < 1.29 is 22.9 Å². The molecule has 10 heteroatoms. The summed E-state index contributed by atoms with van der Waals surface area (Å²) in [5, 5.41) is 13.5. The number of rotatable bonds is 11. The first-order valence-electron chi connectivity index (χ1n) is 8.77. The minimum atomic E-state index is -3.74. The molecule has 0 saturated carbocycles. The van der Waals surface area contributed by atoms with Gasteiger partial charge in [0.25, 0.3) is 5.91 Å². The van der Waals surface area contributed by atoms with Gasteiger partial charge in [-0.25, -0.2) is 8.42 Å². The van der Waals surface area contributed by atoms with Crippen LogP contribution in [0.25, 0.3) is 0 Å². The lowest BCUT2D eigenvalue weighted by Gasteiger charge is -2.19. The van der Waals surface area contributed by atoms with Crippen LogP contribution in [0.15, 0.2) is 78.7 Å². The molecule has 2 aromatic rings. The van der Waals surface area contributed by atoms with E-state index >= 15 is 0 Å². The molecule has 30 heavy (non-hydrogen) atoms. The highest BCUT2D eigenvalue weighted by Gasteiger charge is 2.22. The van der Waals surface area contributed by atoms with E-state index in [1.807, 2.05) is 0 Å². The van der Waals surface area contributed by atoms with E-state index in [-0.39, 0.29) is 29.4 Å². The van der Waals surface area contributed by atoms with Crippen LogP contribution in [0.4, 0.5) is 11.4 Å². The molecule has 0 saturated heterocycles. The van der Waals surface area contributed by atoms with Crippen LogP contribution in [0.3, 0.4) is 0 Å². The fourth-order valence-corrected chi connectivity index (χ4v) is 3.87. The first-order chi connectivity index (χ1) is 14.3. The van der Waals surface area contributed by atoms with Gasteiger partial charge >= 0.3 is 5.69 Å². The van der Waals surface area contributed by atoms with E-state index in [1.54, 1.807) is 6.07 Å². The fourth-order valence-electron chi connectivity index (χ4n) is 2.49. The van der Waals surface area contributed by atoms with E-state index in [0.29, 0.717) is 5.69 Å². The fraction of sp³-hybridized carbons (Fsp3) is 0.150. The van der Waals surface area contributed by atoms with Crippen LogP contribution in [-0.4, -0.2) is 43.2 Å². The van der Waals surface area contributed by atoms with Crippen LogP contribution in [0.1, 0.15) is 0 Å². The van der Waals surface area contributed by atoms with Gasteiger partial charge in [-0.2, -0.15) is 4.31 Å². The monoisotopic (exact) mass is 431 g/mol. The Hall–Kier alpha value is -3.50. The molecule has 0 unspecified atom stereocenters. The third-order valence-electron chi connectivity index (χ3n) is 3.86. The number of anilines is 1. The van der Waals surface area contributed by atoms with Crippen molar-refractivity contribution in [3.05, 3.63) is 84.0 Å². The van der Waals surface area contributed by atoms with E-state index in [1.165, 1.54) is 58.9 Å². The quantitative estimate of drug-likeness (QED) is 0.332. The molecule has 9 nitrogen and oxygen atoms in total. The Morgan fingerprint density at radius 3 is 2.27 bits per heavy atom. The molecule has 0 aliphatic heterocycles. The second-order valence-corrected chi connectivity index (χ2v) is 7.92. The van der Waals surface area contributed by atoms with Crippen LogP contribution in [0.5, 0.6) is 5.75 Å². The third kappa shape index (κ3) is 5.75. The van der Waals surface area contributed by atoms with Crippen LogP contribution in [-0.2, 0) is 14.8 Å². The zero-order valence-electron chi connectivity index (χ0n) is 16.1. The summed E-state index contributed by atoms with van der Waals surface area (Å²) in [5.74, 6) is -0.577. The predicted octanol–water partition coefficient (Wildman–Crippen LogP) is 2.98. The number of para-hydroxylation sites is 2. The van der Waals surface area contributed by atoms with E-state index in [4.69, 9.17) is 4.74 Å². The summed E-state index contributed by atoms with van der Waals surface area (Å²) in [7, 11) is -3.74. The first-order valence-corrected chi connectivity index (χ1v) is 10.2. The number of nitro benzene ring substituents is 1. The lowest BCUT2D eigenvalue weighted by Crippen LogP contribution is -2.31. The summed E-state index contributed by atoms with van der Waals surface area (Å²) in [4.78, 5) is 22.5. The summed E-state index contributed by atoms with van der Waals surface area (Å²) in [5.41, 5.74) is 0.104. The Kier molecular flexibility index (Phi) is 7.84. The van der Waals surface area contributed by atoms with Crippen molar-refractivity contribution in [2.75, 3.05) is 25.0 Å². The van der Waals surface area contributed by atoms with Crippen LogP contribution in [0.2, 0.25) is 0 Å². The highest BCUT2D eigenvalue weighted by atomic mass is 32.2. The Bertz CT molecular complexity index is 1020. The number of carbonyl (C=O) groups excluding carboxylic acids is 1. The maximum Gasteiger partial charge on any atom is 0.310 e. The van der Waals surface area contributed by atoms with E-state index in [0.717, 1.165) is 0 Å². The number of nitrogens with zero attached hydrogens (tertiary/aromatic N) is 2. The zero-order valence-corrected chi connectivity index (χ0v) is 16.9. The van der Waals surface area contributed by atoms with Crippen molar-refractivity contribution in [3.8, 4) is 5.75 Å². The number of amides is 1. The van der Waals surface area contributed by atoms with Gasteiger partial charge in [0.15, 0.2) is 12.4 Å². The molecule has 2 aromatic carbocycles. The minimum absolute atomic E-state index is 0.0244. The number of nitrogens with one attached hydrogen (secondary N) is 1. The van der Waals surface area contributed by atoms with Crippen molar-refractivity contribution in [1.82, 2.24) is 4.31 Å². The molecule has 1 amide bonds. The smallest absolute Gasteiger partial charge is 0.310 e. The van der Waals surface area contributed by atoms with Crippen molar-refractivity contribution in [2.24, 2.45) is 0 Å². The number of hydrogen-bond acceptors (Lipinski definition) is 6. The van der Waals surface area contributed by atoms with E-state index < -0.39 is 27.5 Å².